The second-order valence-corrected chi connectivity index (χ2v) is 11.0. The van der Waals surface area contributed by atoms with Crippen molar-refractivity contribution in [3.05, 3.63) is 66.7 Å². The number of piperidine rings is 1. The predicted molar refractivity (Wildman–Crippen MR) is 138 cm³/mol. The molecule has 0 spiro atoms. The molecule has 1 radical (unpaired) electrons. The van der Waals surface area contributed by atoms with Crippen LogP contribution in [0.25, 0.3) is 43.1 Å². The molecule has 0 aromatic heterocycles. The maximum absolute atomic E-state index is 13.2. The van der Waals surface area contributed by atoms with E-state index in [4.69, 9.17) is 9.47 Å². The molecule has 35 heavy (non-hydrogen) atoms. The van der Waals surface area contributed by atoms with Gasteiger partial charge in [-0.2, -0.15) is 0 Å². The van der Waals surface area contributed by atoms with Crippen LogP contribution in [0.2, 0.25) is 0 Å². The quantitative estimate of drug-likeness (QED) is 0.116. The van der Waals surface area contributed by atoms with Crippen molar-refractivity contribution in [2.24, 2.45) is 0 Å². The van der Waals surface area contributed by atoms with Gasteiger partial charge in [-0.15, -0.1) is 10.3 Å². The molecule has 5 nitrogen and oxygen atoms in total. The lowest BCUT2D eigenvalue weighted by molar-refractivity contribution is -0.298. The van der Waals surface area contributed by atoms with Crippen LogP contribution in [0, 0.1) is 0 Å². The van der Waals surface area contributed by atoms with Gasteiger partial charge in [0.25, 0.3) is 0 Å². The predicted octanol–water partition coefficient (Wildman–Crippen LogP) is 7.62. The molecule has 0 saturated carbocycles. The lowest BCUT2D eigenvalue weighted by Gasteiger charge is -2.49. The fraction of sp³-hybridized carbons (Fsp3) is 0.300. The summed E-state index contributed by atoms with van der Waals surface area (Å²) < 4.78 is 11.8. The van der Waals surface area contributed by atoms with Crippen molar-refractivity contribution >= 4 is 49.2 Å². The molecule has 1 fully saturated rings. The fourth-order valence-corrected chi connectivity index (χ4v) is 6.17. The number of carbonyl (C=O) groups excluding carboxylic acids is 1. The van der Waals surface area contributed by atoms with E-state index >= 15 is 0 Å². The molecule has 5 heteroatoms. The molecule has 0 atom stereocenters. The van der Waals surface area contributed by atoms with Gasteiger partial charge in [0.05, 0.1) is 0 Å². The molecule has 1 aliphatic rings. The number of fused-ring (bicyclic) bond motifs is 2. The molecule has 0 N–H and O–H groups in total. The van der Waals surface area contributed by atoms with Gasteiger partial charge in [0, 0.05) is 40.1 Å². The van der Waals surface area contributed by atoms with Gasteiger partial charge in [-0.25, -0.2) is 4.79 Å². The number of hydrogen-bond donors (Lipinski definition) is 0. The molecular formula is C30H28NO4. The maximum Gasteiger partial charge on any atom is 0.514 e. The van der Waals surface area contributed by atoms with Crippen molar-refractivity contribution in [1.82, 2.24) is 5.06 Å². The van der Waals surface area contributed by atoms with Gasteiger partial charge < -0.3 is 9.47 Å². The van der Waals surface area contributed by atoms with E-state index in [0.29, 0.717) is 18.6 Å². The standard InChI is InChI=1S/C30H28NO4/c1-29(2)16-20(17-30(3,4)31(29)33)34-28(32)35-27-23-11-6-5-10-21(23)22-14-12-18-8-7-9-19-13-15-24(27)26(22)25(18)19/h5-15,20H,16-17H2,1-4H3. The summed E-state index contributed by atoms with van der Waals surface area (Å²) in [7, 11) is 0. The zero-order chi connectivity index (χ0) is 24.5. The second kappa shape index (κ2) is 7.54. The van der Waals surface area contributed by atoms with Crippen molar-refractivity contribution in [3.63, 3.8) is 0 Å². The topological polar surface area (TPSA) is 58.7 Å². The highest BCUT2D eigenvalue weighted by Gasteiger charge is 2.47. The van der Waals surface area contributed by atoms with E-state index in [1.165, 1.54) is 0 Å². The van der Waals surface area contributed by atoms with Crippen molar-refractivity contribution in [2.75, 3.05) is 0 Å². The van der Waals surface area contributed by atoms with E-state index in [1.807, 2.05) is 52.0 Å². The molecule has 0 bridgehead atoms. The molecule has 1 aliphatic heterocycles. The van der Waals surface area contributed by atoms with Crippen LogP contribution >= 0.6 is 0 Å². The number of ether oxygens (including phenoxy) is 2. The molecular weight excluding hydrogens is 438 g/mol. The zero-order valence-electron chi connectivity index (χ0n) is 20.4. The van der Waals surface area contributed by atoms with Crippen LogP contribution in [0.15, 0.2) is 66.7 Å². The van der Waals surface area contributed by atoms with E-state index in [2.05, 4.69) is 42.5 Å². The normalized spacial score (nSPS) is 18.5. The van der Waals surface area contributed by atoms with Crippen LogP contribution in [0.4, 0.5) is 4.79 Å². The Labute approximate surface area is 204 Å². The average molecular weight is 467 g/mol. The van der Waals surface area contributed by atoms with Crippen LogP contribution in [0.1, 0.15) is 40.5 Å². The molecule has 5 aromatic rings. The first-order valence-corrected chi connectivity index (χ1v) is 12.1. The summed E-state index contributed by atoms with van der Waals surface area (Å²) in [6.07, 6.45) is -0.229. The highest BCUT2D eigenvalue weighted by atomic mass is 16.7. The monoisotopic (exact) mass is 466 g/mol. The number of hydroxylamine groups is 2. The molecule has 0 aliphatic carbocycles. The van der Waals surface area contributed by atoms with Gasteiger partial charge in [-0.05, 0) is 60.7 Å². The van der Waals surface area contributed by atoms with Gasteiger partial charge in [-0.1, -0.05) is 60.7 Å². The van der Waals surface area contributed by atoms with E-state index in [-0.39, 0.29) is 0 Å². The number of carbonyl (C=O) groups is 1. The summed E-state index contributed by atoms with van der Waals surface area (Å²) in [6, 6.07) is 22.7. The van der Waals surface area contributed by atoms with Gasteiger partial charge in [0.1, 0.15) is 11.9 Å². The smallest absolute Gasteiger partial charge is 0.431 e. The molecule has 5 aromatic carbocycles. The van der Waals surface area contributed by atoms with Crippen LogP contribution in [-0.4, -0.2) is 28.4 Å². The largest absolute Gasteiger partial charge is 0.514 e. The Balaban J connectivity index is 1.45. The molecule has 1 heterocycles. The lowest BCUT2D eigenvalue weighted by Crippen LogP contribution is -2.60. The van der Waals surface area contributed by atoms with E-state index in [9.17, 15) is 10.0 Å². The SMILES string of the molecule is CC1(C)CC(OC(=O)Oc2c3ccccc3c3ccc4cccc5ccc2c3c54)CC(C)(C)N1[O]. The van der Waals surface area contributed by atoms with Crippen molar-refractivity contribution in [3.8, 4) is 5.75 Å². The third-order valence-corrected chi connectivity index (χ3v) is 7.49. The van der Waals surface area contributed by atoms with Gasteiger partial charge in [0.15, 0.2) is 0 Å². The Morgan fingerprint density at radius 3 is 2.00 bits per heavy atom. The highest BCUT2D eigenvalue weighted by molar-refractivity contribution is 6.31. The number of rotatable bonds is 2. The van der Waals surface area contributed by atoms with Crippen molar-refractivity contribution < 1.29 is 19.5 Å². The Kier molecular flexibility index (Phi) is 4.76. The minimum absolute atomic E-state index is 0.399. The van der Waals surface area contributed by atoms with Crippen LogP contribution < -0.4 is 4.74 Å². The second-order valence-electron chi connectivity index (χ2n) is 11.0. The van der Waals surface area contributed by atoms with Gasteiger partial charge in [-0.3, -0.25) is 0 Å². The number of hydrogen-bond acceptors (Lipinski definition) is 4. The lowest BCUT2D eigenvalue weighted by atomic mass is 9.80. The Morgan fingerprint density at radius 1 is 0.743 bits per heavy atom. The van der Waals surface area contributed by atoms with Crippen LogP contribution in [0.3, 0.4) is 0 Å². The summed E-state index contributed by atoms with van der Waals surface area (Å²) in [5, 5.41) is 22.3. The molecule has 6 rings (SSSR count). The molecule has 177 valence electrons. The first-order valence-electron chi connectivity index (χ1n) is 12.1. The Morgan fingerprint density at radius 2 is 1.34 bits per heavy atom. The Hall–Kier alpha value is -3.41. The van der Waals surface area contributed by atoms with Crippen molar-refractivity contribution in [2.45, 2.75) is 57.7 Å². The van der Waals surface area contributed by atoms with E-state index < -0.39 is 23.3 Å². The average Bonchev–Trinajstić information content (AvgIpc) is 2.81. The summed E-state index contributed by atoms with van der Waals surface area (Å²) in [5.74, 6) is 0.510. The van der Waals surface area contributed by atoms with E-state index in [1.54, 1.807) is 0 Å². The first kappa shape index (κ1) is 22.1. The van der Waals surface area contributed by atoms with Gasteiger partial charge >= 0.3 is 6.16 Å². The Bertz CT molecular complexity index is 1570. The van der Waals surface area contributed by atoms with Crippen molar-refractivity contribution in [1.29, 1.82) is 0 Å². The van der Waals surface area contributed by atoms with E-state index in [0.717, 1.165) is 48.2 Å². The fourth-order valence-electron chi connectivity index (χ4n) is 6.17. The maximum atomic E-state index is 13.2. The zero-order valence-corrected chi connectivity index (χ0v) is 20.4. The van der Waals surface area contributed by atoms with Crippen LogP contribution in [-0.2, 0) is 9.94 Å². The van der Waals surface area contributed by atoms with Gasteiger partial charge in [0.2, 0.25) is 0 Å². The van der Waals surface area contributed by atoms with Crippen LogP contribution in [0.5, 0.6) is 5.75 Å². The minimum atomic E-state index is -0.735. The summed E-state index contributed by atoms with van der Waals surface area (Å²) in [6.45, 7) is 7.54. The summed E-state index contributed by atoms with van der Waals surface area (Å²) in [4.78, 5) is 13.2. The summed E-state index contributed by atoms with van der Waals surface area (Å²) in [5.41, 5.74) is -1.27. The molecule has 0 unspecified atom stereocenters. The number of nitrogens with zero attached hydrogens (tertiary/aromatic N) is 1. The minimum Gasteiger partial charge on any atom is -0.431 e. The number of benzene rings is 5. The third kappa shape index (κ3) is 3.41. The summed E-state index contributed by atoms with van der Waals surface area (Å²) >= 11 is 0. The first-order chi connectivity index (χ1) is 16.7. The molecule has 0 amide bonds. The highest BCUT2D eigenvalue weighted by Crippen LogP contribution is 2.45. The third-order valence-electron chi connectivity index (χ3n) is 7.49. The molecule has 1 saturated heterocycles.